The molecule has 0 aliphatic heterocycles. The minimum absolute atomic E-state index is 0.803. The van der Waals surface area contributed by atoms with Gasteiger partial charge in [0.2, 0.25) is 0 Å². The van der Waals surface area contributed by atoms with Crippen molar-refractivity contribution in [1.82, 2.24) is 0 Å². The third-order valence-electron chi connectivity index (χ3n) is 8.91. The van der Waals surface area contributed by atoms with Crippen LogP contribution in [0.3, 0.4) is 0 Å². The third-order valence-corrected chi connectivity index (χ3v) is 16.8. The van der Waals surface area contributed by atoms with Gasteiger partial charge in [-0.15, -0.1) is 0 Å². The molecule has 0 radical (unpaired) electrons. The minimum Gasteiger partial charge on any atom is -0.0622 e. The summed E-state index contributed by atoms with van der Waals surface area (Å²) in [6.45, 7) is 8.71. The fourth-order valence-electron chi connectivity index (χ4n) is 6.30. The maximum Gasteiger partial charge on any atom is -0.00673 e. The lowest BCUT2D eigenvalue weighted by molar-refractivity contribution is 1.49. The van der Waals surface area contributed by atoms with Crippen molar-refractivity contribution in [1.29, 1.82) is 0 Å². The number of hydrogen-bond donors (Lipinski definition) is 0. The van der Waals surface area contributed by atoms with Crippen molar-refractivity contribution < 1.29 is 0 Å². The summed E-state index contributed by atoms with van der Waals surface area (Å²) in [4.78, 5) is 0. The van der Waals surface area contributed by atoms with E-state index in [2.05, 4.69) is 204 Å². The fourth-order valence-corrected chi connectivity index (χ4v) is 14.4. The molecule has 0 atom stereocenters. The van der Waals surface area contributed by atoms with E-state index in [9.17, 15) is 0 Å². The molecule has 3 heteroatoms. The van der Waals surface area contributed by atoms with Crippen LogP contribution in [-0.4, -0.2) is 0 Å². The molecule has 0 saturated heterocycles. The van der Waals surface area contributed by atoms with Crippen molar-refractivity contribution in [2.75, 3.05) is 0 Å². The highest BCUT2D eigenvalue weighted by Crippen LogP contribution is 2.42. The van der Waals surface area contributed by atoms with Gasteiger partial charge in [0, 0.05) is 0 Å². The molecule has 0 aliphatic carbocycles. The Kier molecular flexibility index (Phi) is 10.3. The van der Waals surface area contributed by atoms with Crippen molar-refractivity contribution in [3.63, 3.8) is 0 Å². The highest BCUT2D eigenvalue weighted by molar-refractivity contribution is 7.88. The van der Waals surface area contributed by atoms with Gasteiger partial charge in [-0.25, -0.2) is 0 Å². The van der Waals surface area contributed by atoms with Gasteiger partial charge in [-0.2, -0.15) is 0 Å². The molecule has 0 saturated carbocycles. The number of hydrogen-bond acceptors (Lipinski definition) is 0. The maximum atomic E-state index is 2.42. The molecular weight excluding hydrogens is 645 g/mol. The highest BCUT2D eigenvalue weighted by atomic mass is 31.1. The molecule has 0 aliphatic rings. The lowest BCUT2D eigenvalue weighted by atomic mass is 10.2. The van der Waals surface area contributed by atoms with Crippen molar-refractivity contribution in [3.8, 4) is 0 Å². The molecule has 0 unspecified atom stereocenters. The normalized spacial score (nSPS) is 11.4. The Morgan fingerprint density at radius 2 is 0.449 bits per heavy atom. The molecule has 0 heterocycles. The summed E-state index contributed by atoms with van der Waals surface area (Å²) in [6.07, 6.45) is 0. The first kappa shape index (κ1) is 33.3. The molecule has 7 aromatic carbocycles. The lowest BCUT2D eigenvalue weighted by Crippen LogP contribution is -2.39. The second-order valence-corrected chi connectivity index (χ2v) is 19.2. The van der Waals surface area contributed by atoms with Crippen molar-refractivity contribution in [3.05, 3.63) is 198 Å². The van der Waals surface area contributed by atoms with Crippen molar-refractivity contribution in [2.24, 2.45) is 0 Å². The summed E-state index contributed by atoms with van der Waals surface area (Å²) < 4.78 is 0. The zero-order valence-corrected chi connectivity index (χ0v) is 31.3. The van der Waals surface area contributed by atoms with E-state index in [0.717, 1.165) is 0 Å². The molecular formula is C46H41P3. The highest BCUT2D eigenvalue weighted by Gasteiger charge is 2.29. The van der Waals surface area contributed by atoms with Crippen LogP contribution < -0.4 is 47.7 Å². The van der Waals surface area contributed by atoms with Gasteiger partial charge in [0.25, 0.3) is 0 Å². The van der Waals surface area contributed by atoms with E-state index >= 15 is 0 Å². The quantitative estimate of drug-likeness (QED) is 0.134. The van der Waals surface area contributed by atoms with E-state index in [1.807, 2.05) is 0 Å². The second kappa shape index (κ2) is 15.2. The fraction of sp³-hybridized carbons (Fsp3) is 0.0870. The van der Waals surface area contributed by atoms with Gasteiger partial charge in [-0.05, 0) is 99.2 Å². The Hall–Kier alpha value is -4.17. The van der Waals surface area contributed by atoms with Gasteiger partial charge in [-0.1, -0.05) is 198 Å². The molecule has 0 bridgehead atoms. The van der Waals surface area contributed by atoms with Gasteiger partial charge in [-0.3, -0.25) is 0 Å². The lowest BCUT2D eigenvalue weighted by Gasteiger charge is -2.30. The van der Waals surface area contributed by atoms with E-state index in [4.69, 9.17) is 0 Å². The topological polar surface area (TPSA) is 0 Å². The first-order valence-corrected chi connectivity index (χ1v) is 20.9. The first-order valence-electron chi connectivity index (χ1n) is 16.9. The van der Waals surface area contributed by atoms with Crippen LogP contribution in [0.1, 0.15) is 22.3 Å². The molecule has 7 rings (SSSR count). The van der Waals surface area contributed by atoms with Crippen LogP contribution in [0.25, 0.3) is 0 Å². The van der Waals surface area contributed by atoms with Gasteiger partial charge < -0.3 is 0 Å². The zero-order chi connectivity index (χ0) is 33.7. The van der Waals surface area contributed by atoms with Gasteiger partial charge in [0.05, 0.1) is 0 Å². The van der Waals surface area contributed by atoms with Crippen LogP contribution in [0, 0.1) is 27.7 Å². The molecule has 0 spiro atoms. The third kappa shape index (κ3) is 7.40. The Labute approximate surface area is 296 Å². The second-order valence-electron chi connectivity index (χ2n) is 12.7. The predicted octanol–water partition coefficient (Wildman–Crippen LogP) is 8.19. The summed E-state index contributed by atoms with van der Waals surface area (Å²) in [7, 11) is -2.51. The molecule has 0 aromatic heterocycles. The van der Waals surface area contributed by atoms with Crippen LogP contribution >= 0.6 is 23.8 Å². The standard InChI is InChI=1S/C46H41P3/c1-34-18-26-39(27-19-34)47(40-28-20-35(2)21-29-40)43-14-8-10-16-45(43)49(38-12-6-5-7-13-38)46-17-11-9-15-44(46)48(41-30-22-36(3)23-31-41)42-32-24-37(4)25-33-42/h5-33H,1-4H3. The summed E-state index contributed by atoms with van der Waals surface area (Å²) in [6, 6.07) is 66.9. The van der Waals surface area contributed by atoms with E-state index in [-0.39, 0.29) is 0 Å². The molecule has 240 valence electrons. The van der Waals surface area contributed by atoms with Crippen LogP contribution in [0.15, 0.2) is 176 Å². The summed E-state index contributed by atoms with van der Waals surface area (Å²) >= 11 is 0. The van der Waals surface area contributed by atoms with Crippen molar-refractivity contribution >= 4 is 71.5 Å². The summed E-state index contributed by atoms with van der Waals surface area (Å²) in [5.41, 5.74) is 5.16. The van der Waals surface area contributed by atoms with Crippen LogP contribution in [0.5, 0.6) is 0 Å². The molecule has 0 fully saturated rings. The van der Waals surface area contributed by atoms with E-state index in [1.54, 1.807) is 0 Å². The van der Waals surface area contributed by atoms with E-state index < -0.39 is 23.8 Å². The van der Waals surface area contributed by atoms with E-state index in [1.165, 1.54) is 70.0 Å². The molecule has 0 N–H and O–H groups in total. The number of aryl methyl sites for hydroxylation is 4. The smallest absolute Gasteiger partial charge is 0.00673 e. The van der Waals surface area contributed by atoms with E-state index in [0.29, 0.717) is 0 Å². The molecule has 7 aromatic rings. The number of rotatable bonds is 9. The Balaban J connectivity index is 1.48. The average Bonchev–Trinajstić information content (AvgIpc) is 3.13. The molecule has 0 nitrogen and oxygen atoms in total. The largest absolute Gasteiger partial charge is 0.0622 e. The van der Waals surface area contributed by atoms with Gasteiger partial charge in [0.1, 0.15) is 0 Å². The molecule has 49 heavy (non-hydrogen) atoms. The first-order chi connectivity index (χ1) is 24.0. The SMILES string of the molecule is Cc1ccc(P(c2ccc(C)cc2)c2ccccc2P(c2ccccc2)c2ccccc2P(c2ccc(C)cc2)c2ccc(C)cc2)cc1. The van der Waals surface area contributed by atoms with Crippen LogP contribution in [0.4, 0.5) is 0 Å². The molecule has 0 amide bonds. The maximum absolute atomic E-state index is 2.42. The van der Waals surface area contributed by atoms with Gasteiger partial charge >= 0.3 is 0 Å². The summed E-state index contributed by atoms with van der Waals surface area (Å²) in [5, 5.41) is 12.7. The monoisotopic (exact) mass is 686 g/mol. The Morgan fingerprint density at radius 1 is 0.224 bits per heavy atom. The Bertz CT molecular complexity index is 1900. The van der Waals surface area contributed by atoms with Crippen LogP contribution in [-0.2, 0) is 0 Å². The number of benzene rings is 7. The van der Waals surface area contributed by atoms with Gasteiger partial charge in [0.15, 0.2) is 0 Å². The minimum atomic E-state index is -0.906. The summed E-state index contributed by atoms with van der Waals surface area (Å²) in [5.74, 6) is 0. The Morgan fingerprint density at radius 3 is 0.735 bits per heavy atom. The zero-order valence-electron chi connectivity index (χ0n) is 28.6. The average molecular weight is 687 g/mol. The van der Waals surface area contributed by atoms with Crippen molar-refractivity contribution in [2.45, 2.75) is 27.7 Å². The van der Waals surface area contributed by atoms with Crippen LogP contribution in [0.2, 0.25) is 0 Å². The predicted molar refractivity (Wildman–Crippen MR) is 222 cm³/mol.